The molecule has 1 aromatic heterocycles. The predicted octanol–water partition coefficient (Wildman–Crippen LogP) is 2.56. The quantitative estimate of drug-likeness (QED) is 0.923. The van der Waals surface area contributed by atoms with Gasteiger partial charge in [0.2, 0.25) is 0 Å². The van der Waals surface area contributed by atoms with E-state index >= 15 is 0 Å². The Bertz CT molecular complexity index is 693. The van der Waals surface area contributed by atoms with Gasteiger partial charge in [-0.05, 0) is 43.5 Å². The van der Waals surface area contributed by atoms with E-state index in [0.29, 0.717) is 25.1 Å². The van der Waals surface area contributed by atoms with E-state index in [1.54, 1.807) is 23.0 Å². The topological polar surface area (TPSA) is 64.2 Å². The Morgan fingerprint density at radius 1 is 1.29 bits per heavy atom. The van der Waals surface area contributed by atoms with Crippen molar-refractivity contribution in [2.24, 2.45) is 5.73 Å². The first-order chi connectivity index (χ1) is 11.1. The second-order valence-corrected chi connectivity index (χ2v) is 5.88. The van der Waals surface area contributed by atoms with E-state index in [2.05, 4.69) is 5.10 Å². The number of halogens is 2. The molecule has 1 aliphatic rings. The number of aromatic nitrogens is 2. The van der Waals surface area contributed by atoms with Crippen LogP contribution in [0, 0.1) is 5.82 Å². The number of carbonyl (C=O) groups is 1. The first kappa shape index (κ1) is 18.4. The molecule has 3 rings (SSSR count). The smallest absolute Gasteiger partial charge is 0.257 e. The fraction of sp³-hybridized carbons (Fsp3) is 0.412. The molecule has 0 radical (unpaired) electrons. The molecule has 2 N–H and O–H groups in total. The molecule has 1 aliphatic heterocycles. The Morgan fingerprint density at radius 3 is 2.50 bits per heavy atom. The molecule has 0 spiro atoms. The van der Waals surface area contributed by atoms with Gasteiger partial charge in [-0.2, -0.15) is 5.10 Å². The van der Waals surface area contributed by atoms with E-state index < -0.39 is 0 Å². The largest absolute Gasteiger partial charge is 0.338 e. The summed E-state index contributed by atoms with van der Waals surface area (Å²) in [6, 6.07) is 6.30. The minimum absolute atomic E-state index is 0. The van der Waals surface area contributed by atoms with Gasteiger partial charge < -0.3 is 10.6 Å². The van der Waals surface area contributed by atoms with Crippen molar-refractivity contribution >= 4 is 18.3 Å². The fourth-order valence-corrected chi connectivity index (χ4v) is 2.97. The molecule has 0 saturated carbocycles. The van der Waals surface area contributed by atoms with Crippen LogP contribution in [-0.2, 0) is 6.42 Å². The third kappa shape index (κ3) is 3.60. The monoisotopic (exact) mass is 352 g/mol. The van der Waals surface area contributed by atoms with Crippen molar-refractivity contribution in [3.05, 3.63) is 47.5 Å². The van der Waals surface area contributed by atoms with Crippen molar-refractivity contribution in [3.63, 3.8) is 0 Å². The highest BCUT2D eigenvalue weighted by atomic mass is 35.5. The molecule has 24 heavy (non-hydrogen) atoms. The van der Waals surface area contributed by atoms with E-state index in [9.17, 15) is 9.18 Å². The van der Waals surface area contributed by atoms with Gasteiger partial charge in [-0.3, -0.25) is 4.79 Å². The van der Waals surface area contributed by atoms with Crippen LogP contribution in [0.5, 0.6) is 0 Å². The van der Waals surface area contributed by atoms with Gasteiger partial charge in [-0.25, -0.2) is 9.07 Å². The fourth-order valence-electron chi connectivity index (χ4n) is 2.97. The lowest BCUT2D eigenvalue weighted by atomic mass is 10.0. The zero-order valence-corrected chi connectivity index (χ0v) is 14.4. The Kier molecular flexibility index (Phi) is 5.96. The maximum absolute atomic E-state index is 13.1. The molecular formula is C17H22ClFN4O. The highest BCUT2D eigenvalue weighted by Crippen LogP contribution is 2.19. The Hall–Kier alpha value is -1.92. The Balaban J connectivity index is 0.00000208. The summed E-state index contributed by atoms with van der Waals surface area (Å²) < 4.78 is 14.8. The summed E-state index contributed by atoms with van der Waals surface area (Å²) in [7, 11) is 0. The van der Waals surface area contributed by atoms with Crippen molar-refractivity contribution < 1.29 is 9.18 Å². The number of benzene rings is 1. The highest BCUT2D eigenvalue weighted by molar-refractivity contribution is 5.95. The van der Waals surface area contributed by atoms with Crippen LogP contribution in [0.1, 0.15) is 35.8 Å². The number of likely N-dealkylation sites (tertiary alicyclic amines) is 1. The molecule has 0 aliphatic carbocycles. The van der Waals surface area contributed by atoms with Crippen LogP contribution in [0.25, 0.3) is 5.69 Å². The Morgan fingerprint density at radius 2 is 1.92 bits per heavy atom. The van der Waals surface area contributed by atoms with Gasteiger partial charge in [0.05, 0.1) is 23.1 Å². The van der Waals surface area contributed by atoms with Gasteiger partial charge in [-0.15, -0.1) is 12.4 Å². The van der Waals surface area contributed by atoms with Crippen molar-refractivity contribution in [1.82, 2.24) is 14.7 Å². The van der Waals surface area contributed by atoms with E-state index in [4.69, 9.17) is 5.73 Å². The van der Waals surface area contributed by atoms with Crippen LogP contribution in [0.15, 0.2) is 30.5 Å². The van der Waals surface area contributed by atoms with Gasteiger partial charge in [0, 0.05) is 19.1 Å². The van der Waals surface area contributed by atoms with Gasteiger partial charge in [-0.1, -0.05) is 6.92 Å². The van der Waals surface area contributed by atoms with Crippen molar-refractivity contribution in [2.45, 2.75) is 32.2 Å². The average Bonchev–Trinajstić information content (AvgIpc) is 2.99. The first-order valence-electron chi connectivity index (χ1n) is 7.98. The SMILES string of the molecule is CCc1c(C(=O)N2CCC(N)CC2)cnn1-c1ccc(F)cc1.Cl. The van der Waals surface area contributed by atoms with Crippen LogP contribution >= 0.6 is 12.4 Å². The number of hydrogen-bond donors (Lipinski definition) is 1. The summed E-state index contributed by atoms with van der Waals surface area (Å²) >= 11 is 0. The third-order valence-corrected chi connectivity index (χ3v) is 4.33. The number of hydrogen-bond acceptors (Lipinski definition) is 3. The highest BCUT2D eigenvalue weighted by Gasteiger charge is 2.25. The summed E-state index contributed by atoms with van der Waals surface area (Å²) in [5.74, 6) is -0.290. The maximum Gasteiger partial charge on any atom is 0.257 e. The number of nitrogens with zero attached hydrogens (tertiary/aromatic N) is 3. The molecular weight excluding hydrogens is 331 g/mol. The van der Waals surface area contributed by atoms with E-state index in [-0.39, 0.29) is 30.2 Å². The van der Waals surface area contributed by atoms with Crippen LogP contribution in [0.4, 0.5) is 4.39 Å². The lowest BCUT2D eigenvalue weighted by molar-refractivity contribution is 0.0713. The normalized spacial score (nSPS) is 15.2. The van der Waals surface area contributed by atoms with Crippen LogP contribution in [-0.4, -0.2) is 39.7 Å². The molecule has 0 unspecified atom stereocenters. The van der Waals surface area contributed by atoms with Crippen LogP contribution in [0.2, 0.25) is 0 Å². The molecule has 1 amide bonds. The van der Waals surface area contributed by atoms with Gasteiger partial charge in [0.15, 0.2) is 0 Å². The molecule has 2 heterocycles. The van der Waals surface area contributed by atoms with E-state index in [0.717, 1.165) is 24.2 Å². The molecule has 7 heteroatoms. The summed E-state index contributed by atoms with van der Waals surface area (Å²) in [4.78, 5) is 14.6. The lowest BCUT2D eigenvalue weighted by Crippen LogP contribution is -2.43. The van der Waals surface area contributed by atoms with Gasteiger partial charge in [0.1, 0.15) is 5.82 Å². The molecule has 5 nitrogen and oxygen atoms in total. The second kappa shape index (κ2) is 7.77. The van der Waals surface area contributed by atoms with Crippen molar-refractivity contribution in [1.29, 1.82) is 0 Å². The maximum atomic E-state index is 13.1. The van der Waals surface area contributed by atoms with Crippen molar-refractivity contribution in [2.75, 3.05) is 13.1 Å². The molecule has 1 aromatic carbocycles. The molecule has 1 saturated heterocycles. The standard InChI is InChI=1S/C17H21FN4O.ClH/c1-2-16-15(17(23)21-9-7-13(19)8-10-21)11-20-22(16)14-5-3-12(18)4-6-14;/h3-6,11,13H,2,7-10,19H2,1H3;1H. The molecule has 2 aromatic rings. The number of nitrogens with two attached hydrogens (primary N) is 1. The number of carbonyl (C=O) groups excluding carboxylic acids is 1. The van der Waals surface area contributed by atoms with Crippen LogP contribution < -0.4 is 5.73 Å². The van der Waals surface area contributed by atoms with Gasteiger partial charge >= 0.3 is 0 Å². The number of amides is 1. The summed E-state index contributed by atoms with van der Waals surface area (Å²) in [5.41, 5.74) is 8.11. The molecule has 0 atom stereocenters. The summed E-state index contributed by atoms with van der Waals surface area (Å²) in [6.07, 6.45) is 3.95. The lowest BCUT2D eigenvalue weighted by Gasteiger charge is -2.30. The zero-order chi connectivity index (χ0) is 16.4. The van der Waals surface area contributed by atoms with Crippen molar-refractivity contribution in [3.8, 4) is 5.69 Å². The Labute approximate surface area is 147 Å². The minimum atomic E-state index is -0.292. The third-order valence-electron chi connectivity index (χ3n) is 4.33. The summed E-state index contributed by atoms with van der Waals surface area (Å²) in [6.45, 7) is 3.36. The minimum Gasteiger partial charge on any atom is -0.338 e. The van der Waals surface area contributed by atoms with Gasteiger partial charge in [0.25, 0.3) is 5.91 Å². The average molecular weight is 353 g/mol. The molecule has 1 fully saturated rings. The number of piperidine rings is 1. The second-order valence-electron chi connectivity index (χ2n) is 5.88. The molecule has 0 bridgehead atoms. The number of rotatable bonds is 3. The first-order valence-corrected chi connectivity index (χ1v) is 7.98. The van der Waals surface area contributed by atoms with Crippen LogP contribution in [0.3, 0.4) is 0 Å². The van der Waals surface area contributed by atoms with E-state index in [1.807, 2.05) is 11.8 Å². The summed E-state index contributed by atoms with van der Waals surface area (Å²) in [5, 5.41) is 4.34. The zero-order valence-electron chi connectivity index (χ0n) is 13.6. The predicted molar refractivity (Wildman–Crippen MR) is 93.3 cm³/mol. The molecule has 130 valence electrons. The van der Waals surface area contributed by atoms with E-state index in [1.165, 1.54) is 12.1 Å².